The summed E-state index contributed by atoms with van der Waals surface area (Å²) >= 11 is 0. The van der Waals surface area contributed by atoms with Crippen molar-refractivity contribution in [1.29, 1.82) is 0 Å². The Balaban J connectivity index is 1.89. The summed E-state index contributed by atoms with van der Waals surface area (Å²) in [6, 6.07) is 15.8. The maximum Gasteiger partial charge on any atom is 0.245 e. The number of para-hydroxylation sites is 3. The summed E-state index contributed by atoms with van der Waals surface area (Å²) in [5.74, 6) is -0.0788. The number of fused-ring (bicyclic) bond motifs is 1. The topological polar surface area (TPSA) is 88.6 Å². The normalized spacial score (nSPS) is 11.2. The highest BCUT2D eigenvalue weighted by Gasteiger charge is 2.24. The molecule has 1 aromatic heterocycles. The summed E-state index contributed by atoms with van der Waals surface area (Å²) in [7, 11) is -3.71. The third-order valence-electron chi connectivity index (χ3n) is 4.03. The van der Waals surface area contributed by atoms with E-state index in [0.29, 0.717) is 29.2 Å². The highest BCUT2D eigenvalue weighted by Crippen LogP contribution is 2.30. The fourth-order valence-corrected chi connectivity index (χ4v) is 3.71. The third-order valence-corrected chi connectivity index (χ3v) is 5.15. The molecule has 0 saturated heterocycles. The highest BCUT2D eigenvalue weighted by atomic mass is 32.2. The maximum absolute atomic E-state index is 12.7. The molecule has 0 saturated carbocycles. The van der Waals surface area contributed by atoms with Gasteiger partial charge in [-0.15, -0.1) is 0 Å². The fourth-order valence-electron chi connectivity index (χ4n) is 2.85. The molecule has 28 heavy (non-hydrogen) atoms. The summed E-state index contributed by atoms with van der Waals surface area (Å²) in [6.07, 6.45) is 2.70. The summed E-state index contributed by atoms with van der Waals surface area (Å²) in [5, 5.41) is 3.64. The Kier molecular flexibility index (Phi) is 5.79. The van der Waals surface area contributed by atoms with E-state index in [2.05, 4.69) is 10.3 Å². The van der Waals surface area contributed by atoms with Crippen LogP contribution in [0.25, 0.3) is 10.9 Å². The molecule has 0 radical (unpaired) electrons. The smallest absolute Gasteiger partial charge is 0.245 e. The monoisotopic (exact) mass is 399 g/mol. The van der Waals surface area contributed by atoms with Gasteiger partial charge in [-0.25, -0.2) is 8.42 Å². The minimum atomic E-state index is -3.71. The van der Waals surface area contributed by atoms with Crippen molar-refractivity contribution in [2.75, 3.05) is 29.0 Å². The second-order valence-electron chi connectivity index (χ2n) is 6.10. The van der Waals surface area contributed by atoms with Gasteiger partial charge < -0.3 is 10.1 Å². The van der Waals surface area contributed by atoms with E-state index < -0.39 is 15.9 Å². The van der Waals surface area contributed by atoms with Crippen LogP contribution in [0.4, 0.5) is 11.4 Å². The first kappa shape index (κ1) is 19.6. The van der Waals surface area contributed by atoms with Gasteiger partial charge in [0, 0.05) is 11.6 Å². The van der Waals surface area contributed by atoms with Crippen molar-refractivity contribution in [3.05, 3.63) is 60.8 Å². The van der Waals surface area contributed by atoms with Crippen LogP contribution in [0.5, 0.6) is 5.75 Å². The van der Waals surface area contributed by atoms with E-state index in [9.17, 15) is 13.2 Å². The zero-order valence-corrected chi connectivity index (χ0v) is 16.4. The Labute approximate surface area is 164 Å². The molecule has 8 heteroatoms. The van der Waals surface area contributed by atoms with Gasteiger partial charge in [0.05, 0.1) is 29.8 Å². The second-order valence-corrected chi connectivity index (χ2v) is 8.01. The molecule has 0 atom stereocenters. The fraction of sp³-hybridized carbons (Fsp3) is 0.200. The molecule has 0 aliphatic rings. The van der Waals surface area contributed by atoms with Crippen LogP contribution in [0.2, 0.25) is 0 Å². The van der Waals surface area contributed by atoms with Crippen molar-refractivity contribution in [3.8, 4) is 5.75 Å². The predicted molar refractivity (Wildman–Crippen MR) is 110 cm³/mol. The van der Waals surface area contributed by atoms with Crippen LogP contribution in [-0.4, -0.2) is 38.7 Å². The zero-order chi connectivity index (χ0) is 20.1. The van der Waals surface area contributed by atoms with Crippen LogP contribution in [0, 0.1) is 0 Å². The molecule has 1 amide bonds. The number of amides is 1. The van der Waals surface area contributed by atoms with Crippen molar-refractivity contribution in [3.63, 3.8) is 0 Å². The van der Waals surface area contributed by atoms with Crippen molar-refractivity contribution in [2.24, 2.45) is 0 Å². The van der Waals surface area contributed by atoms with Gasteiger partial charge >= 0.3 is 0 Å². The molecule has 0 fully saturated rings. The third kappa shape index (κ3) is 4.40. The number of rotatable bonds is 7. The molecule has 7 nitrogen and oxygen atoms in total. The van der Waals surface area contributed by atoms with Gasteiger partial charge in [0.25, 0.3) is 0 Å². The first-order chi connectivity index (χ1) is 13.4. The van der Waals surface area contributed by atoms with E-state index in [0.717, 1.165) is 15.9 Å². The second kappa shape index (κ2) is 8.26. The minimum absolute atomic E-state index is 0.318. The van der Waals surface area contributed by atoms with Crippen molar-refractivity contribution in [1.82, 2.24) is 4.98 Å². The molecule has 0 bridgehead atoms. The summed E-state index contributed by atoms with van der Waals surface area (Å²) in [4.78, 5) is 17.0. The first-order valence-corrected chi connectivity index (χ1v) is 10.6. The number of nitrogens with one attached hydrogen (secondary N) is 1. The number of aromatic nitrogens is 1. The number of carbonyl (C=O) groups is 1. The highest BCUT2D eigenvalue weighted by molar-refractivity contribution is 7.92. The lowest BCUT2D eigenvalue weighted by molar-refractivity contribution is -0.114. The Morgan fingerprint density at radius 1 is 1.11 bits per heavy atom. The number of nitrogens with zero attached hydrogens (tertiary/aromatic N) is 2. The number of benzene rings is 2. The van der Waals surface area contributed by atoms with Crippen LogP contribution < -0.4 is 14.4 Å². The molecule has 0 spiro atoms. The lowest BCUT2D eigenvalue weighted by Crippen LogP contribution is -2.37. The number of carbonyl (C=O) groups excluding carboxylic acids is 1. The SMILES string of the molecule is CCOc1ccccc1N(CC(=O)Nc1cccc2cccnc12)S(C)(=O)=O. The standard InChI is InChI=1S/C20H21N3O4S/c1-3-27-18-12-5-4-11-17(18)23(28(2,25)26)14-19(24)22-16-10-6-8-15-9-7-13-21-20(15)16/h4-13H,3,14H2,1-2H3,(H,22,24). The van der Waals surface area contributed by atoms with Crippen LogP contribution >= 0.6 is 0 Å². The number of ether oxygens (including phenoxy) is 1. The summed E-state index contributed by atoms with van der Waals surface area (Å²) in [5.41, 5.74) is 1.48. The van der Waals surface area contributed by atoms with Crippen molar-refractivity contribution < 1.29 is 17.9 Å². The Hall–Kier alpha value is -3.13. The van der Waals surface area contributed by atoms with E-state index in [1.54, 1.807) is 42.6 Å². The predicted octanol–water partition coefficient (Wildman–Crippen LogP) is 3.04. The van der Waals surface area contributed by atoms with Crippen molar-refractivity contribution >= 4 is 38.2 Å². The lowest BCUT2D eigenvalue weighted by atomic mass is 10.2. The Morgan fingerprint density at radius 2 is 1.86 bits per heavy atom. The van der Waals surface area contributed by atoms with Gasteiger partial charge in [-0.1, -0.05) is 30.3 Å². The minimum Gasteiger partial charge on any atom is -0.492 e. The van der Waals surface area contributed by atoms with E-state index >= 15 is 0 Å². The molecule has 0 aliphatic carbocycles. The van der Waals surface area contributed by atoms with Crippen molar-refractivity contribution in [2.45, 2.75) is 6.92 Å². The molecule has 0 aliphatic heterocycles. The van der Waals surface area contributed by atoms with E-state index in [4.69, 9.17) is 4.74 Å². The van der Waals surface area contributed by atoms with Crippen LogP contribution in [0.1, 0.15) is 6.92 Å². The van der Waals surface area contributed by atoms with Gasteiger partial charge in [-0.3, -0.25) is 14.1 Å². The average Bonchev–Trinajstić information content (AvgIpc) is 2.66. The van der Waals surface area contributed by atoms with Gasteiger partial charge in [0.15, 0.2) is 0 Å². The molecule has 1 N–H and O–H groups in total. The molecule has 3 aromatic rings. The molecule has 3 rings (SSSR count). The molecule has 2 aromatic carbocycles. The Morgan fingerprint density at radius 3 is 2.61 bits per heavy atom. The quantitative estimate of drug-likeness (QED) is 0.660. The van der Waals surface area contributed by atoms with Crippen LogP contribution in [-0.2, 0) is 14.8 Å². The van der Waals surface area contributed by atoms with E-state index in [-0.39, 0.29) is 6.54 Å². The summed E-state index contributed by atoms with van der Waals surface area (Å²) in [6.45, 7) is 1.80. The first-order valence-electron chi connectivity index (χ1n) is 8.73. The average molecular weight is 399 g/mol. The van der Waals surface area contributed by atoms with Gasteiger partial charge in [0.2, 0.25) is 15.9 Å². The molecule has 1 heterocycles. The lowest BCUT2D eigenvalue weighted by Gasteiger charge is -2.24. The van der Waals surface area contributed by atoms with Gasteiger partial charge in [0.1, 0.15) is 12.3 Å². The zero-order valence-electron chi connectivity index (χ0n) is 15.6. The summed E-state index contributed by atoms with van der Waals surface area (Å²) < 4.78 is 31.3. The van der Waals surface area contributed by atoms with E-state index in [1.807, 2.05) is 25.1 Å². The van der Waals surface area contributed by atoms with E-state index in [1.165, 1.54) is 0 Å². The molecular weight excluding hydrogens is 378 g/mol. The largest absolute Gasteiger partial charge is 0.492 e. The maximum atomic E-state index is 12.7. The Bertz CT molecular complexity index is 1090. The van der Waals surface area contributed by atoms with Gasteiger partial charge in [-0.05, 0) is 31.2 Å². The number of anilines is 2. The number of hydrogen-bond donors (Lipinski definition) is 1. The molecular formula is C20H21N3O4S. The number of sulfonamides is 1. The number of pyridine rings is 1. The molecule has 0 unspecified atom stereocenters. The number of hydrogen-bond acceptors (Lipinski definition) is 5. The van der Waals surface area contributed by atoms with Gasteiger partial charge in [-0.2, -0.15) is 0 Å². The van der Waals surface area contributed by atoms with Crippen LogP contribution in [0.3, 0.4) is 0 Å². The molecule has 146 valence electrons. The van der Waals surface area contributed by atoms with Crippen LogP contribution in [0.15, 0.2) is 60.8 Å².